The van der Waals surface area contributed by atoms with Gasteiger partial charge in [-0.2, -0.15) is 0 Å². The van der Waals surface area contributed by atoms with Gasteiger partial charge >= 0.3 is 0 Å². The minimum absolute atomic E-state index is 0.120. The molecule has 5 rings (SSSR count). The predicted octanol–water partition coefficient (Wildman–Crippen LogP) is 3.38. The van der Waals surface area contributed by atoms with Gasteiger partial charge in [0.15, 0.2) is 0 Å². The van der Waals surface area contributed by atoms with Gasteiger partial charge in [0.2, 0.25) is 0 Å². The van der Waals surface area contributed by atoms with Crippen LogP contribution in [0.4, 0.5) is 4.39 Å². The molecule has 1 nitrogen and oxygen atoms in total. The maximum atomic E-state index is 13.4. The molecule has 2 heteroatoms. The number of carbonyl (C=O) groups is 1. The van der Waals surface area contributed by atoms with E-state index in [1.807, 2.05) is 24.3 Å². The van der Waals surface area contributed by atoms with E-state index in [0.717, 1.165) is 16.7 Å². The SMILES string of the molecule is O=C1C[C@H]2c3ccccc3[C@@H]1c1cc(F)ccc12. The summed E-state index contributed by atoms with van der Waals surface area (Å²) >= 11 is 0. The highest BCUT2D eigenvalue weighted by Gasteiger charge is 2.42. The zero-order chi connectivity index (χ0) is 12.3. The maximum absolute atomic E-state index is 13.4. The first-order valence-electron chi connectivity index (χ1n) is 6.16. The van der Waals surface area contributed by atoms with Crippen molar-refractivity contribution in [3.8, 4) is 0 Å². The van der Waals surface area contributed by atoms with Gasteiger partial charge in [-0.1, -0.05) is 30.3 Å². The van der Waals surface area contributed by atoms with Gasteiger partial charge in [0.25, 0.3) is 0 Å². The first-order chi connectivity index (χ1) is 8.75. The van der Waals surface area contributed by atoms with Crippen molar-refractivity contribution in [2.75, 3.05) is 0 Å². The Bertz CT molecular complexity index is 675. The van der Waals surface area contributed by atoms with E-state index >= 15 is 0 Å². The van der Waals surface area contributed by atoms with Gasteiger partial charge < -0.3 is 0 Å². The highest BCUT2D eigenvalue weighted by molar-refractivity contribution is 5.95. The second-order valence-corrected chi connectivity index (χ2v) is 5.06. The van der Waals surface area contributed by atoms with Gasteiger partial charge in [-0.15, -0.1) is 0 Å². The molecular weight excluding hydrogens is 227 g/mol. The molecule has 3 aliphatic carbocycles. The van der Waals surface area contributed by atoms with E-state index in [9.17, 15) is 9.18 Å². The van der Waals surface area contributed by atoms with Gasteiger partial charge in [0.1, 0.15) is 11.6 Å². The normalized spacial score (nSPS) is 23.7. The number of hydrogen-bond acceptors (Lipinski definition) is 1. The molecule has 0 saturated heterocycles. The molecule has 2 bridgehead atoms. The first kappa shape index (κ1) is 10.0. The van der Waals surface area contributed by atoms with Crippen LogP contribution in [0.3, 0.4) is 0 Å². The fraction of sp³-hybridized carbons (Fsp3) is 0.188. The van der Waals surface area contributed by atoms with Crippen LogP contribution >= 0.6 is 0 Å². The summed E-state index contributed by atoms with van der Waals surface area (Å²) < 4.78 is 13.4. The molecule has 0 aliphatic heterocycles. The molecule has 2 aromatic carbocycles. The number of carbonyl (C=O) groups excluding carboxylic acids is 1. The fourth-order valence-corrected chi connectivity index (χ4v) is 3.42. The largest absolute Gasteiger partial charge is 0.299 e. The molecule has 0 unspecified atom stereocenters. The fourth-order valence-electron chi connectivity index (χ4n) is 3.42. The average molecular weight is 238 g/mol. The van der Waals surface area contributed by atoms with E-state index < -0.39 is 0 Å². The Morgan fingerprint density at radius 2 is 1.67 bits per heavy atom. The number of rotatable bonds is 0. The van der Waals surface area contributed by atoms with Gasteiger partial charge in [-0.25, -0.2) is 4.39 Å². The van der Waals surface area contributed by atoms with Crippen LogP contribution in [0.25, 0.3) is 0 Å². The zero-order valence-electron chi connectivity index (χ0n) is 9.69. The van der Waals surface area contributed by atoms with Crippen LogP contribution in [0, 0.1) is 5.82 Å². The highest BCUT2D eigenvalue weighted by atomic mass is 19.1. The highest BCUT2D eigenvalue weighted by Crippen LogP contribution is 2.50. The van der Waals surface area contributed by atoms with Gasteiger partial charge in [-0.3, -0.25) is 4.79 Å². The summed E-state index contributed by atoms with van der Waals surface area (Å²) in [5, 5.41) is 0. The smallest absolute Gasteiger partial charge is 0.145 e. The minimum Gasteiger partial charge on any atom is -0.299 e. The van der Waals surface area contributed by atoms with Crippen molar-refractivity contribution in [2.24, 2.45) is 0 Å². The van der Waals surface area contributed by atoms with Crippen LogP contribution < -0.4 is 0 Å². The summed E-state index contributed by atoms with van der Waals surface area (Å²) in [6.45, 7) is 0. The topological polar surface area (TPSA) is 17.1 Å². The molecule has 0 radical (unpaired) electrons. The summed E-state index contributed by atoms with van der Waals surface area (Å²) in [7, 11) is 0. The lowest BCUT2D eigenvalue weighted by atomic mass is 9.63. The first-order valence-corrected chi connectivity index (χ1v) is 6.16. The quantitative estimate of drug-likeness (QED) is 0.687. The molecular formula is C16H11FO. The Morgan fingerprint density at radius 3 is 2.50 bits per heavy atom. The molecule has 88 valence electrons. The molecule has 2 atom stereocenters. The number of benzene rings is 2. The Labute approximate surface area is 104 Å². The third-order valence-electron chi connectivity index (χ3n) is 4.14. The van der Waals surface area contributed by atoms with Gasteiger partial charge in [0, 0.05) is 12.3 Å². The Balaban J connectivity index is 2.06. The number of hydrogen-bond donors (Lipinski definition) is 0. The van der Waals surface area contributed by atoms with E-state index in [2.05, 4.69) is 6.07 Å². The van der Waals surface area contributed by atoms with E-state index in [-0.39, 0.29) is 23.4 Å². The second-order valence-electron chi connectivity index (χ2n) is 5.06. The van der Waals surface area contributed by atoms with E-state index in [1.165, 1.54) is 17.7 Å². The average Bonchev–Trinajstić information content (AvgIpc) is 2.38. The molecule has 0 saturated carbocycles. The van der Waals surface area contributed by atoms with Crippen LogP contribution in [0.1, 0.15) is 40.5 Å². The summed E-state index contributed by atoms with van der Waals surface area (Å²) in [4.78, 5) is 12.2. The van der Waals surface area contributed by atoms with Crippen LogP contribution in [-0.4, -0.2) is 5.78 Å². The third kappa shape index (κ3) is 1.13. The molecule has 0 fully saturated rings. The molecule has 0 aromatic heterocycles. The van der Waals surface area contributed by atoms with Crippen molar-refractivity contribution in [3.05, 3.63) is 70.5 Å². The van der Waals surface area contributed by atoms with Crippen LogP contribution in [0.2, 0.25) is 0 Å². The van der Waals surface area contributed by atoms with E-state index in [0.29, 0.717) is 6.42 Å². The number of fused-ring (bicyclic) bond motifs is 1. The van der Waals surface area contributed by atoms with Crippen LogP contribution in [-0.2, 0) is 4.79 Å². The Morgan fingerprint density at radius 1 is 0.944 bits per heavy atom. The van der Waals surface area contributed by atoms with Crippen molar-refractivity contribution in [1.29, 1.82) is 0 Å². The number of ketones is 1. The molecule has 2 aromatic rings. The van der Waals surface area contributed by atoms with E-state index in [4.69, 9.17) is 0 Å². The lowest BCUT2D eigenvalue weighted by molar-refractivity contribution is -0.120. The summed E-state index contributed by atoms with van der Waals surface area (Å²) in [5.41, 5.74) is 4.30. The zero-order valence-corrected chi connectivity index (χ0v) is 9.69. The minimum atomic E-state index is -0.258. The van der Waals surface area contributed by atoms with E-state index in [1.54, 1.807) is 0 Å². The van der Waals surface area contributed by atoms with Crippen molar-refractivity contribution in [1.82, 2.24) is 0 Å². The molecule has 0 N–H and O–H groups in total. The van der Waals surface area contributed by atoms with Crippen molar-refractivity contribution < 1.29 is 9.18 Å². The number of Topliss-reactive ketones (excluding diaryl/α,β-unsaturated/α-hetero) is 1. The van der Waals surface area contributed by atoms with Crippen LogP contribution in [0.15, 0.2) is 42.5 Å². The molecule has 18 heavy (non-hydrogen) atoms. The summed E-state index contributed by atoms with van der Waals surface area (Å²) in [6, 6.07) is 12.9. The van der Waals surface area contributed by atoms with Crippen LogP contribution in [0.5, 0.6) is 0 Å². The van der Waals surface area contributed by atoms with Gasteiger partial charge in [-0.05, 0) is 34.4 Å². The summed E-state index contributed by atoms with van der Waals surface area (Å²) in [6.07, 6.45) is 0.556. The molecule has 0 heterocycles. The monoisotopic (exact) mass is 238 g/mol. The Kier molecular flexibility index (Phi) is 1.83. The third-order valence-corrected chi connectivity index (χ3v) is 4.14. The summed E-state index contributed by atoms with van der Waals surface area (Å²) in [5.74, 6) is -0.172. The van der Waals surface area contributed by atoms with Crippen molar-refractivity contribution in [3.63, 3.8) is 0 Å². The molecule has 0 spiro atoms. The predicted molar refractivity (Wildman–Crippen MR) is 66.2 cm³/mol. The maximum Gasteiger partial charge on any atom is 0.145 e. The second kappa shape index (κ2) is 3.29. The lowest BCUT2D eigenvalue weighted by Gasteiger charge is -2.39. The van der Waals surface area contributed by atoms with Crippen molar-refractivity contribution in [2.45, 2.75) is 18.3 Å². The molecule has 0 amide bonds. The Hall–Kier alpha value is -1.96. The lowest BCUT2D eigenvalue weighted by Crippen LogP contribution is -2.32. The van der Waals surface area contributed by atoms with Gasteiger partial charge in [0.05, 0.1) is 5.92 Å². The standard InChI is InChI=1S/C16H11FO/c17-9-5-6-11-13-8-15(18)16(14(11)7-9)12-4-2-1-3-10(12)13/h1-7,13,16H,8H2/t13-,16+/m0/s1. The van der Waals surface area contributed by atoms with Crippen molar-refractivity contribution >= 4 is 5.78 Å². The number of halogens is 1. The molecule has 3 aliphatic rings.